The summed E-state index contributed by atoms with van der Waals surface area (Å²) in [6.45, 7) is 16.8. The second kappa shape index (κ2) is 9.91. The number of fused-ring (bicyclic) bond motifs is 2. The summed E-state index contributed by atoms with van der Waals surface area (Å²) in [5, 5.41) is 18.8. The van der Waals surface area contributed by atoms with Crippen LogP contribution >= 0.6 is 0 Å². The highest BCUT2D eigenvalue weighted by molar-refractivity contribution is 5.88. The minimum absolute atomic E-state index is 0.00175. The lowest BCUT2D eigenvalue weighted by Crippen LogP contribution is -2.27. The predicted molar refractivity (Wildman–Crippen MR) is 139 cm³/mol. The van der Waals surface area contributed by atoms with Crippen LogP contribution in [0.2, 0.25) is 0 Å². The Morgan fingerprint density at radius 1 is 0.756 bits per heavy atom. The molecule has 198 valence electrons. The normalized spacial score (nSPS) is 13.6. The molecule has 3 aromatic carbocycles. The Hall–Kier alpha value is -5.51. The van der Waals surface area contributed by atoms with Gasteiger partial charge < -0.3 is 0 Å². The Labute approximate surface area is 231 Å². The van der Waals surface area contributed by atoms with Gasteiger partial charge in [-0.15, -0.1) is 0 Å². The molecule has 0 unspecified atom stereocenters. The van der Waals surface area contributed by atoms with Crippen LogP contribution in [0.4, 0.5) is 22.0 Å². The summed E-state index contributed by atoms with van der Waals surface area (Å²) >= 11 is 0. The van der Waals surface area contributed by atoms with Gasteiger partial charge in [0.05, 0.1) is 11.1 Å². The highest BCUT2D eigenvalue weighted by atomic mass is 19.4. The van der Waals surface area contributed by atoms with Gasteiger partial charge in [0.15, 0.2) is 0 Å². The third-order valence-corrected chi connectivity index (χ3v) is 7.23. The van der Waals surface area contributed by atoms with E-state index in [4.69, 9.17) is 13.1 Å². The van der Waals surface area contributed by atoms with Crippen molar-refractivity contribution in [1.82, 2.24) is 0 Å². The number of benzene rings is 3. The number of alkyl halides is 3. The van der Waals surface area contributed by atoms with Crippen LogP contribution in [0.3, 0.4) is 0 Å². The third-order valence-electron chi connectivity index (χ3n) is 7.23. The van der Waals surface area contributed by atoms with E-state index in [0.29, 0.717) is 5.56 Å². The second-order valence-electron chi connectivity index (χ2n) is 9.48. The Bertz CT molecular complexity index is 1990. The third kappa shape index (κ3) is 4.26. The number of rotatable bonds is 2. The zero-order chi connectivity index (χ0) is 29.6. The van der Waals surface area contributed by atoms with Crippen molar-refractivity contribution in [2.24, 2.45) is 0 Å². The van der Waals surface area contributed by atoms with E-state index in [1.54, 1.807) is 36.4 Å². The topological polar surface area (TPSA) is 56.3 Å². The van der Waals surface area contributed by atoms with Crippen molar-refractivity contribution in [2.75, 3.05) is 0 Å². The first kappa shape index (κ1) is 27.1. The highest BCUT2D eigenvalue weighted by Crippen LogP contribution is 2.38. The molecule has 2 aliphatic rings. The number of halogens is 5. The van der Waals surface area contributed by atoms with E-state index >= 15 is 8.78 Å². The van der Waals surface area contributed by atoms with Gasteiger partial charge >= 0.3 is 12.0 Å². The van der Waals surface area contributed by atoms with E-state index in [-0.39, 0.29) is 68.1 Å². The fourth-order valence-electron chi connectivity index (χ4n) is 5.38. The quantitative estimate of drug-likeness (QED) is 0.217. The molecule has 0 atom stereocenters. The lowest BCUT2D eigenvalue weighted by molar-refractivity contribution is -0.137. The summed E-state index contributed by atoms with van der Waals surface area (Å²) in [7, 11) is 0. The number of hydrogen-bond donors (Lipinski definition) is 0. The molecule has 0 N–H and O–H groups in total. The molecular weight excluding hydrogens is 535 g/mol. The van der Waals surface area contributed by atoms with E-state index in [1.165, 1.54) is 0 Å². The fourth-order valence-corrected chi connectivity index (χ4v) is 5.38. The van der Waals surface area contributed by atoms with Crippen LogP contribution in [-0.4, -0.2) is 0 Å². The summed E-state index contributed by atoms with van der Waals surface area (Å²) in [5.41, 5.74) is 0.137. The molecule has 0 bridgehead atoms. The minimum atomic E-state index is -4.63. The Kier molecular flexibility index (Phi) is 6.54. The average molecular weight is 550 g/mol. The standard InChI is InChI=1S/C32H15F5N4/c1-16-4-6-17(7-5-16)26-24(31(40-2)41-3)13-23-28(26)29(33)22-12-21(19(14-38)15-39)25(27(22)30(23)34)18-8-10-20(11-9-18)32(35,36)37/h4-11H,12-13H2,1H3. The monoisotopic (exact) mass is 550 g/mol. The van der Waals surface area contributed by atoms with Crippen LogP contribution in [0.1, 0.15) is 33.4 Å². The maximum absolute atomic E-state index is 16.6. The van der Waals surface area contributed by atoms with Crippen LogP contribution in [0.25, 0.3) is 20.8 Å². The lowest BCUT2D eigenvalue weighted by Gasteiger charge is -2.10. The van der Waals surface area contributed by atoms with Gasteiger partial charge in [-0.05, 0) is 46.9 Å². The van der Waals surface area contributed by atoms with Crippen molar-refractivity contribution in [3.8, 4) is 12.1 Å². The van der Waals surface area contributed by atoms with Gasteiger partial charge in [0.25, 0.3) is 0 Å². The zero-order valence-electron chi connectivity index (χ0n) is 21.2. The average Bonchev–Trinajstić information content (AvgIpc) is 3.54. The molecular formula is C32H15F5N4. The van der Waals surface area contributed by atoms with E-state index < -0.39 is 28.9 Å². The lowest BCUT2D eigenvalue weighted by atomic mass is 9.94. The summed E-state index contributed by atoms with van der Waals surface area (Å²) in [4.78, 5) is 6.57. The molecule has 0 amide bonds. The largest absolute Gasteiger partial charge is 0.523 e. The molecule has 0 heterocycles. The molecule has 5 rings (SSSR count). The van der Waals surface area contributed by atoms with Crippen molar-refractivity contribution in [3.05, 3.63) is 149 Å². The zero-order valence-corrected chi connectivity index (χ0v) is 21.2. The van der Waals surface area contributed by atoms with E-state index in [2.05, 4.69) is 9.69 Å². The summed E-state index contributed by atoms with van der Waals surface area (Å²) in [5.74, 6) is -2.06. The van der Waals surface area contributed by atoms with Gasteiger partial charge in [-0.25, -0.2) is 8.78 Å². The number of nitrogens with zero attached hydrogens (tertiary/aromatic N) is 4. The van der Waals surface area contributed by atoms with Gasteiger partial charge in [-0.1, -0.05) is 42.0 Å². The first-order valence-electron chi connectivity index (χ1n) is 12.1. The Morgan fingerprint density at radius 3 is 1.63 bits per heavy atom. The smallest absolute Gasteiger partial charge is 0.206 e. The van der Waals surface area contributed by atoms with E-state index in [0.717, 1.165) is 29.8 Å². The number of hydrogen-bond acceptors (Lipinski definition) is 2. The fraction of sp³-hybridized carbons (Fsp3) is 0.125. The van der Waals surface area contributed by atoms with E-state index in [9.17, 15) is 23.7 Å². The molecule has 3 aromatic rings. The van der Waals surface area contributed by atoms with Crippen LogP contribution in [0.15, 0.2) is 71.1 Å². The first-order valence-corrected chi connectivity index (χ1v) is 12.1. The van der Waals surface area contributed by atoms with Gasteiger partial charge in [-0.3, -0.25) is 0 Å². The molecule has 0 saturated heterocycles. The van der Waals surface area contributed by atoms with Gasteiger partial charge in [-0.2, -0.15) is 33.4 Å². The molecule has 4 nitrogen and oxygen atoms in total. The predicted octanol–water partition coefficient (Wildman–Crippen LogP) is 6.20. The van der Waals surface area contributed by atoms with Crippen LogP contribution in [0, 0.1) is 54.4 Å². The van der Waals surface area contributed by atoms with E-state index in [1.807, 2.05) is 6.92 Å². The van der Waals surface area contributed by atoms with Crippen molar-refractivity contribution in [1.29, 1.82) is 10.5 Å². The second-order valence-corrected chi connectivity index (χ2v) is 9.48. The summed E-state index contributed by atoms with van der Waals surface area (Å²) in [6, 6.07) is 14.1. The van der Waals surface area contributed by atoms with Gasteiger partial charge in [0, 0.05) is 34.4 Å². The number of aryl methyl sites for hydroxylation is 1. The molecule has 0 aromatic heterocycles. The molecule has 0 saturated carbocycles. The Morgan fingerprint density at radius 2 is 1.20 bits per heavy atom. The van der Waals surface area contributed by atoms with Crippen molar-refractivity contribution in [3.63, 3.8) is 0 Å². The van der Waals surface area contributed by atoms with Crippen LogP contribution < -0.4 is 10.4 Å². The number of allylic oxidation sites excluding steroid dienone is 3. The van der Waals surface area contributed by atoms with Crippen molar-refractivity contribution < 1.29 is 22.0 Å². The first-order chi connectivity index (χ1) is 19.5. The van der Waals surface area contributed by atoms with Crippen molar-refractivity contribution >= 4 is 11.1 Å². The SMILES string of the molecule is [C-]#[N+]C([N+]#[C-])=C1Cc2c(F)c3c(c(F)c2=C1c1ccc(C)cc1)CC(=C(C#N)C#N)C=3c1ccc(C(F)(F)F)cc1. The van der Waals surface area contributed by atoms with Gasteiger partial charge in [0.2, 0.25) is 0 Å². The minimum Gasteiger partial charge on any atom is -0.206 e. The molecule has 9 heteroatoms. The maximum Gasteiger partial charge on any atom is 0.523 e. The van der Waals surface area contributed by atoms with Crippen LogP contribution in [-0.2, 0) is 19.0 Å². The molecule has 0 fully saturated rings. The number of nitriles is 2. The molecule has 0 radical (unpaired) electrons. The van der Waals surface area contributed by atoms with Crippen molar-refractivity contribution in [2.45, 2.75) is 25.9 Å². The molecule has 41 heavy (non-hydrogen) atoms. The van der Waals surface area contributed by atoms with Gasteiger partial charge in [0.1, 0.15) is 42.5 Å². The molecule has 0 spiro atoms. The maximum atomic E-state index is 16.6. The molecule has 2 aliphatic carbocycles. The van der Waals surface area contributed by atoms with Crippen LogP contribution in [0.5, 0.6) is 0 Å². The Balaban J connectivity index is 1.95. The summed E-state index contributed by atoms with van der Waals surface area (Å²) in [6.07, 6.45) is -5.25. The highest BCUT2D eigenvalue weighted by Gasteiger charge is 2.37. The molecule has 0 aliphatic heterocycles. The summed E-state index contributed by atoms with van der Waals surface area (Å²) < 4.78 is 72.8.